The van der Waals surface area contributed by atoms with E-state index in [9.17, 15) is 19.5 Å². The van der Waals surface area contributed by atoms with E-state index in [1.807, 2.05) is 30.3 Å². The molecule has 2 atom stereocenters. The molecule has 2 aliphatic heterocycles. The summed E-state index contributed by atoms with van der Waals surface area (Å²) in [6, 6.07) is 6.02. The Morgan fingerprint density at radius 3 is 2.69 bits per heavy atom. The highest BCUT2D eigenvalue weighted by Gasteiger charge is 2.53. The Hall–Kier alpha value is -3.40. The normalized spacial score (nSPS) is 21.0. The van der Waals surface area contributed by atoms with Gasteiger partial charge >= 0.3 is 18.0 Å². The van der Waals surface area contributed by atoms with E-state index in [2.05, 4.69) is 5.10 Å². The Kier molecular flexibility index (Phi) is 3.62. The number of aliphatic carboxylic acids is 1. The van der Waals surface area contributed by atoms with E-state index >= 15 is 0 Å². The number of hydrogen-bond donors (Lipinski definition) is 2. The van der Waals surface area contributed by atoms with Gasteiger partial charge < -0.3 is 15.7 Å². The maximum Gasteiger partial charge on any atom is 0.345 e. The fraction of sp³-hybridized carbons (Fsp3) is 0.250. The van der Waals surface area contributed by atoms with Gasteiger partial charge in [0.15, 0.2) is 6.04 Å². The molecule has 1 aromatic carbocycles. The molecule has 2 aliphatic rings. The zero-order valence-electron chi connectivity index (χ0n) is 13.5. The molecular formula is C16H15N5O5. The Bertz CT molecular complexity index is 896. The molecule has 10 nitrogen and oxygen atoms in total. The van der Waals surface area contributed by atoms with E-state index < -0.39 is 30.1 Å². The first-order chi connectivity index (χ1) is 12.5. The molecule has 0 saturated carbocycles. The molecule has 0 unspecified atom stereocenters. The third kappa shape index (κ3) is 2.39. The molecular weight excluding hydrogens is 342 g/mol. The molecule has 26 heavy (non-hydrogen) atoms. The van der Waals surface area contributed by atoms with Crippen molar-refractivity contribution in [2.75, 3.05) is 6.54 Å². The van der Waals surface area contributed by atoms with Crippen LogP contribution in [0.2, 0.25) is 0 Å². The number of aromatic nitrogens is 2. The summed E-state index contributed by atoms with van der Waals surface area (Å²) < 4.78 is 0.877. The average Bonchev–Trinajstić information content (AvgIpc) is 3.17. The minimum absolute atomic E-state index is 0.117. The van der Waals surface area contributed by atoms with Crippen LogP contribution >= 0.6 is 0 Å². The number of primary amides is 1. The molecule has 1 fully saturated rings. The molecule has 3 N–H and O–H groups in total. The van der Waals surface area contributed by atoms with Gasteiger partial charge in [-0.15, -0.1) is 0 Å². The maximum absolute atomic E-state index is 12.6. The molecule has 2 bridgehead atoms. The summed E-state index contributed by atoms with van der Waals surface area (Å²) in [6.45, 7) is 0.274. The highest BCUT2D eigenvalue weighted by atomic mass is 16.7. The van der Waals surface area contributed by atoms with Crippen LogP contribution in [0.15, 0.2) is 36.5 Å². The number of carbonyl (C=O) groups excluding carboxylic acids is 2. The molecule has 1 aromatic heterocycles. The van der Waals surface area contributed by atoms with Crippen LogP contribution in [0.5, 0.6) is 0 Å². The average molecular weight is 357 g/mol. The first kappa shape index (κ1) is 16.1. The topological polar surface area (TPSA) is 131 Å². The van der Waals surface area contributed by atoms with Crippen LogP contribution in [0.4, 0.5) is 9.59 Å². The van der Waals surface area contributed by atoms with E-state index in [0.717, 1.165) is 15.3 Å². The largest absolute Gasteiger partial charge is 0.479 e. The van der Waals surface area contributed by atoms with E-state index in [1.54, 1.807) is 0 Å². The zero-order valence-corrected chi connectivity index (χ0v) is 13.5. The Balaban J connectivity index is 1.68. The van der Waals surface area contributed by atoms with E-state index in [0.29, 0.717) is 5.56 Å². The molecule has 0 radical (unpaired) electrons. The van der Waals surface area contributed by atoms with Gasteiger partial charge in [0.1, 0.15) is 18.3 Å². The van der Waals surface area contributed by atoms with Gasteiger partial charge in [-0.05, 0) is 5.56 Å². The van der Waals surface area contributed by atoms with Crippen LogP contribution in [0.3, 0.4) is 0 Å². The van der Waals surface area contributed by atoms with E-state index in [1.165, 1.54) is 11.1 Å². The molecule has 3 amide bonds. The number of hydrogen-bond acceptors (Lipinski definition) is 5. The number of hydroxylamine groups is 2. The summed E-state index contributed by atoms with van der Waals surface area (Å²) in [4.78, 5) is 42.6. The second-order valence-electron chi connectivity index (χ2n) is 6.03. The quantitative estimate of drug-likeness (QED) is 0.834. The lowest BCUT2D eigenvalue weighted by atomic mass is 9.98. The second kappa shape index (κ2) is 5.85. The van der Waals surface area contributed by atoms with Crippen LogP contribution in [0.25, 0.3) is 0 Å². The number of carbonyl (C=O) groups is 3. The third-order valence-corrected chi connectivity index (χ3v) is 4.46. The van der Waals surface area contributed by atoms with Gasteiger partial charge in [-0.25, -0.2) is 14.4 Å². The highest BCUT2D eigenvalue weighted by Crippen LogP contribution is 2.43. The first-order valence-electron chi connectivity index (χ1n) is 7.86. The van der Waals surface area contributed by atoms with Crippen molar-refractivity contribution in [2.24, 2.45) is 5.73 Å². The second-order valence-corrected chi connectivity index (χ2v) is 6.03. The maximum atomic E-state index is 12.6. The first-order valence-corrected chi connectivity index (χ1v) is 7.86. The van der Waals surface area contributed by atoms with Gasteiger partial charge in [0.25, 0.3) is 0 Å². The summed E-state index contributed by atoms with van der Waals surface area (Å²) >= 11 is 0. The van der Waals surface area contributed by atoms with Crippen molar-refractivity contribution in [1.29, 1.82) is 0 Å². The minimum Gasteiger partial charge on any atom is -0.479 e. The van der Waals surface area contributed by atoms with Crippen molar-refractivity contribution < 1.29 is 24.3 Å². The molecule has 10 heteroatoms. The van der Waals surface area contributed by atoms with Gasteiger partial charge in [-0.1, -0.05) is 30.3 Å². The molecule has 2 aromatic rings. The van der Waals surface area contributed by atoms with Gasteiger partial charge in [0.05, 0.1) is 6.54 Å². The van der Waals surface area contributed by atoms with Crippen molar-refractivity contribution in [3.8, 4) is 0 Å². The number of carboxylic acid groups (broad SMARTS) is 1. The van der Waals surface area contributed by atoms with E-state index in [-0.39, 0.29) is 18.8 Å². The lowest BCUT2D eigenvalue weighted by Gasteiger charge is -2.26. The van der Waals surface area contributed by atoms with Gasteiger partial charge in [0.2, 0.25) is 0 Å². The Morgan fingerprint density at radius 1 is 1.31 bits per heavy atom. The van der Waals surface area contributed by atoms with Crippen molar-refractivity contribution in [3.05, 3.63) is 53.3 Å². The molecule has 0 spiro atoms. The number of nitrogens with zero attached hydrogens (tertiary/aromatic N) is 4. The SMILES string of the molecule is NC(=O)n1cc2c(n1)[C@@H](C(=O)O)N1C[C@H]2N(OCc2ccccc2)C1=O. The summed E-state index contributed by atoms with van der Waals surface area (Å²) in [7, 11) is 0. The molecule has 0 aliphatic carbocycles. The van der Waals surface area contributed by atoms with Crippen molar-refractivity contribution in [1.82, 2.24) is 19.7 Å². The molecule has 1 saturated heterocycles. The standard InChI is InChI=1S/C16H15N5O5/c17-15(24)20-6-10-11-7-19(13(14(22)23)12(10)18-20)16(25)21(11)26-8-9-4-2-1-3-5-9/h1-6,11,13H,7-8H2,(H2,17,24)(H,22,23)/t11-,13+/m1/s1. The van der Waals surface area contributed by atoms with Gasteiger partial charge in [-0.2, -0.15) is 14.8 Å². The van der Waals surface area contributed by atoms with Crippen molar-refractivity contribution >= 4 is 18.0 Å². The van der Waals surface area contributed by atoms with Crippen molar-refractivity contribution in [2.45, 2.75) is 18.7 Å². The lowest BCUT2D eigenvalue weighted by molar-refractivity contribution is -0.143. The summed E-state index contributed by atoms with van der Waals surface area (Å²) in [5.41, 5.74) is 6.65. The summed E-state index contributed by atoms with van der Waals surface area (Å²) in [6.07, 6.45) is 1.35. The van der Waals surface area contributed by atoms with Crippen LogP contribution < -0.4 is 5.73 Å². The van der Waals surface area contributed by atoms with Crippen LogP contribution in [0.1, 0.15) is 28.9 Å². The number of rotatable bonds is 4. The summed E-state index contributed by atoms with van der Waals surface area (Å²) in [5.74, 6) is -1.24. The van der Waals surface area contributed by atoms with Crippen molar-refractivity contribution in [3.63, 3.8) is 0 Å². The van der Waals surface area contributed by atoms with Gasteiger partial charge in [-0.3, -0.25) is 4.84 Å². The smallest absolute Gasteiger partial charge is 0.345 e. The monoisotopic (exact) mass is 357 g/mol. The minimum atomic E-state index is -1.29. The predicted octanol–water partition coefficient (Wildman–Crippen LogP) is 0.860. The van der Waals surface area contributed by atoms with E-state index in [4.69, 9.17) is 10.6 Å². The number of amides is 3. The summed E-state index contributed by atoms with van der Waals surface area (Å²) in [5, 5.41) is 14.7. The number of fused-ring (bicyclic) bond motifs is 4. The molecule has 134 valence electrons. The highest BCUT2D eigenvalue weighted by molar-refractivity contribution is 5.87. The molecule has 3 heterocycles. The number of urea groups is 1. The fourth-order valence-corrected chi connectivity index (χ4v) is 3.28. The zero-order chi connectivity index (χ0) is 18.4. The van der Waals surface area contributed by atoms with Crippen LogP contribution in [-0.2, 0) is 16.2 Å². The van der Waals surface area contributed by atoms with Crippen LogP contribution in [0, 0.1) is 0 Å². The lowest BCUT2D eigenvalue weighted by Crippen LogP contribution is -2.38. The Labute approximate surface area is 147 Å². The molecule has 4 rings (SSSR count). The number of carboxylic acids is 1. The predicted molar refractivity (Wildman–Crippen MR) is 85.5 cm³/mol. The number of benzene rings is 1. The van der Waals surface area contributed by atoms with Gasteiger partial charge in [0, 0.05) is 11.8 Å². The van der Waals surface area contributed by atoms with Crippen LogP contribution in [-0.4, -0.2) is 49.4 Å². The third-order valence-electron chi connectivity index (χ3n) is 4.46. The number of nitrogens with two attached hydrogens (primary N) is 1. The fourth-order valence-electron chi connectivity index (χ4n) is 3.28. The Morgan fingerprint density at radius 2 is 2.04 bits per heavy atom.